The van der Waals surface area contributed by atoms with Crippen molar-refractivity contribution in [3.8, 4) is 0 Å². The lowest BCUT2D eigenvalue weighted by atomic mass is 9.85. The molecule has 2 aromatic carbocycles. The van der Waals surface area contributed by atoms with Gasteiger partial charge in [-0.1, -0.05) is 18.2 Å². The second kappa shape index (κ2) is 11.1. The van der Waals surface area contributed by atoms with Crippen LogP contribution in [0, 0.1) is 23.4 Å². The van der Waals surface area contributed by atoms with E-state index in [1.807, 2.05) is 12.1 Å². The summed E-state index contributed by atoms with van der Waals surface area (Å²) in [6.07, 6.45) is 2.66. The van der Waals surface area contributed by atoms with Gasteiger partial charge in [-0.3, -0.25) is 9.59 Å². The molecule has 1 N–H and O–H groups in total. The summed E-state index contributed by atoms with van der Waals surface area (Å²) in [4.78, 5) is 37.6. The zero-order valence-electron chi connectivity index (χ0n) is 19.8. The minimum Gasteiger partial charge on any atom is -0.481 e. The largest absolute Gasteiger partial charge is 0.481 e. The van der Waals surface area contributed by atoms with E-state index in [4.69, 9.17) is 9.84 Å². The number of rotatable bonds is 7. The van der Waals surface area contributed by atoms with Gasteiger partial charge in [0.1, 0.15) is 17.7 Å². The number of fused-ring (bicyclic) bond motifs is 1. The van der Waals surface area contributed by atoms with Crippen LogP contribution in [0.1, 0.15) is 54.4 Å². The number of nitrogens with zero attached hydrogens (tertiary/aromatic N) is 1. The van der Waals surface area contributed by atoms with Gasteiger partial charge in [0.25, 0.3) is 0 Å². The third kappa shape index (κ3) is 6.44. The highest BCUT2D eigenvalue weighted by Gasteiger charge is 2.28. The standard InChI is InChI=1S/C27H28F3NO5/c28-23-14-25(30)24(29)13-20(23)12-21(32)10-17-1-4-19-15-31(8-7-18(19)9-17)27(35)36-22-5-2-16(3-6-22)11-26(33)34/h1,4,9,13-14,16,22H,2-3,5-8,10-12,15H2,(H,33,34). The smallest absolute Gasteiger partial charge is 0.410 e. The summed E-state index contributed by atoms with van der Waals surface area (Å²) in [5.74, 6) is -4.42. The van der Waals surface area contributed by atoms with Crippen LogP contribution in [0.4, 0.5) is 18.0 Å². The van der Waals surface area contributed by atoms with E-state index >= 15 is 0 Å². The molecule has 0 aromatic heterocycles. The Morgan fingerprint density at radius 2 is 1.64 bits per heavy atom. The van der Waals surface area contributed by atoms with Gasteiger partial charge in [0, 0.05) is 38.4 Å². The summed E-state index contributed by atoms with van der Waals surface area (Å²) < 4.78 is 46.0. The Morgan fingerprint density at radius 1 is 0.917 bits per heavy atom. The minimum absolute atomic E-state index is 0.0298. The number of amides is 1. The predicted octanol–water partition coefficient (Wildman–Crippen LogP) is 4.99. The molecule has 1 amide bonds. The molecule has 36 heavy (non-hydrogen) atoms. The number of hydrogen-bond acceptors (Lipinski definition) is 4. The van der Waals surface area contributed by atoms with Crippen molar-refractivity contribution >= 4 is 17.8 Å². The molecule has 2 aliphatic rings. The molecular formula is C27H28F3NO5. The molecule has 192 valence electrons. The second-order valence-corrected chi connectivity index (χ2v) is 9.65. The van der Waals surface area contributed by atoms with Crippen LogP contribution in [-0.2, 0) is 40.1 Å². The first-order chi connectivity index (χ1) is 17.2. The Morgan fingerprint density at radius 3 is 2.36 bits per heavy atom. The molecule has 0 bridgehead atoms. The molecule has 0 atom stereocenters. The molecule has 9 heteroatoms. The van der Waals surface area contributed by atoms with E-state index in [0.29, 0.717) is 44.5 Å². The van der Waals surface area contributed by atoms with Gasteiger partial charge in [-0.2, -0.15) is 0 Å². The number of benzene rings is 2. The predicted molar refractivity (Wildman–Crippen MR) is 124 cm³/mol. The molecule has 1 fully saturated rings. The maximum Gasteiger partial charge on any atom is 0.410 e. The Labute approximate surface area is 207 Å². The van der Waals surface area contributed by atoms with Gasteiger partial charge in [-0.25, -0.2) is 18.0 Å². The number of carbonyl (C=O) groups excluding carboxylic acids is 2. The zero-order valence-corrected chi connectivity index (χ0v) is 19.8. The number of hydrogen-bond donors (Lipinski definition) is 1. The Balaban J connectivity index is 1.29. The summed E-state index contributed by atoms with van der Waals surface area (Å²) in [5.41, 5.74) is 2.51. The maximum absolute atomic E-state index is 13.8. The van der Waals surface area contributed by atoms with Gasteiger partial charge in [0.15, 0.2) is 11.6 Å². The molecule has 6 nitrogen and oxygen atoms in total. The van der Waals surface area contributed by atoms with Crippen molar-refractivity contribution in [3.63, 3.8) is 0 Å². The third-order valence-corrected chi connectivity index (χ3v) is 6.94. The van der Waals surface area contributed by atoms with Crippen LogP contribution in [0.5, 0.6) is 0 Å². The van der Waals surface area contributed by atoms with E-state index in [-0.39, 0.29) is 48.7 Å². The Bertz CT molecular complexity index is 1160. The number of Topliss-reactive ketones (excluding diaryl/α,β-unsaturated/α-hetero) is 1. The first-order valence-electron chi connectivity index (χ1n) is 12.1. The molecule has 1 aliphatic heterocycles. The molecule has 1 heterocycles. The van der Waals surface area contributed by atoms with Crippen LogP contribution in [-0.4, -0.2) is 40.5 Å². The van der Waals surface area contributed by atoms with Crippen LogP contribution in [0.2, 0.25) is 0 Å². The van der Waals surface area contributed by atoms with Crippen molar-refractivity contribution in [2.75, 3.05) is 6.54 Å². The molecule has 4 rings (SSSR count). The third-order valence-electron chi connectivity index (χ3n) is 6.94. The molecule has 2 aromatic rings. The van der Waals surface area contributed by atoms with E-state index in [1.165, 1.54) is 0 Å². The molecule has 0 unspecified atom stereocenters. The molecule has 0 radical (unpaired) electrons. The Kier molecular flexibility index (Phi) is 7.96. The SMILES string of the molecule is O=C(O)CC1CCC(OC(=O)N2CCc3cc(CC(=O)Cc4cc(F)c(F)cc4F)ccc3C2)CC1. The summed E-state index contributed by atoms with van der Waals surface area (Å²) in [6, 6.07) is 6.67. The average molecular weight is 504 g/mol. The first-order valence-corrected chi connectivity index (χ1v) is 12.1. The molecule has 1 saturated carbocycles. The van der Waals surface area contributed by atoms with E-state index in [9.17, 15) is 27.6 Å². The normalized spacial score (nSPS) is 19.5. The van der Waals surface area contributed by atoms with Gasteiger partial charge in [-0.05, 0) is 66.3 Å². The molecule has 0 spiro atoms. The van der Waals surface area contributed by atoms with E-state index in [0.717, 1.165) is 29.5 Å². The Hall–Kier alpha value is -3.36. The topological polar surface area (TPSA) is 83.9 Å². The van der Waals surface area contributed by atoms with Crippen LogP contribution in [0.25, 0.3) is 0 Å². The number of aliphatic carboxylic acids is 1. The van der Waals surface area contributed by atoms with Crippen molar-refractivity contribution in [1.29, 1.82) is 0 Å². The van der Waals surface area contributed by atoms with Gasteiger partial charge < -0.3 is 14.7 Å². The fourth-order valence-electron chi connectivity index (χ4n) is 4.99. The van der Waals surface area contributed by atoms with Crippen LogP contribution < -0.4 is 0 Å². The van der Waals surface area contributed by atoms with Crippen molar-refractivity contribution < 1.29 is 37.4 Å². The van der Waals surface area contributed by atoms with Crippen LogP contribution in [0.3, 0.4) is 0 Å². The lowest BCUT2D eigenvalue weighted by Crippen LogP contribution is -2.39. The number of ether oxygens (including phenoxy) is 1. The van der Waals surface area contributed by atoms with Crippen LogP contribution >= 0.6 is 0 Å². The molecular weight excluding hydrogens is 475 g/mol. The monoisotopic (exact) mass is 503 g/mol. The minimum atomic E-state index is -1.29. The summed E-state index contributed by atoms with van der Waals surface area (Å²) in [7, 11) is 0. The zero-order chi connectivity index (χ0) is 25.8. The fourth-order valence-corrected chi connectivity index (χ4v) is 4.99. The number of carboxylic acid groups (broad SMARTS) is 1. The highest BCUT2D eigenvalue weighted by atomic mass is 19.2. The van der Waals surface area contributed by atoms with E-state index < -0.39 is 23.4 Å². The first kappa shape index (κ1) is 25.7. The number of carboxylic acids is 1. The van der Waals surface area contributed by atoms with Gasteiger partial charge >= 0.3 is 12.1 Å². The quantitative estimate of drug-likeness (QED) is 0.539. The lowest BCUT2D eigenvalue weighted by molar-refractivity contribution is -0.138. The molecule has 0 saturated heterocycles. The van der Waals surface area contributed by atoms with E-state index in [1.54, 1.807) is 11.0 Å². The van der Waals surface area contributed by atoms with Gasteiger partial charge in [0.2, 0.25) is 0 Å². The van der Waals surface area contributed by atoms with E-state index in [2.05, 4.69) is 0 Å². The van der Waals surface area contributed by atoms with Gasteiger partial charge in [-0.15, -0.1) is 0 Å². The van der Waals surface area contributed by atoms with Gasteiger partial charge in [0.05, 0.1) is 0 Å². The number of ketones is 1. The number of halogens is 3. The number of carbonyl (C=O) groups is 3. The lowest BCUT2D eigenvalue weighted by Gasteiger charge is -2.32. The highest BCUT2D eigenvalue weighted by Crippen LogP contribution is 2.29. The van der Waals surface area contributed by atoms with Crippen molar-refractivity contribution in [2.45, 2.75) is 64.0 Å². The van der Waals surface area contributed by atoms with Crippen molar-refractivity contribution in [2.24, 2.45) is 5.92 Å². The maximum atomic E-state index is 13.8. The summed E-state index contributed by atoms with van der Waals surface area (Å²) in [6.45, 7) is 0.856. The average Bonchev–Trinajstić information content (AvgIpc) is 2.83. The second-order valence-electron chi connectivity index (χ2n) is 9.65. The van der Waals surface area contributed by atoms with Crippen molar-refractivity contribution in [1.82, 2.24) is 4.90 Å². The summed E-state index contributed by atoms with van der Waals surface area (Å²) in [5, 5.41) is 8.93. The fraction of sp³-hybridized carbons (Fsp3) is 0.444. The molecule has 1 aliphatic carbocycles. The van der Waals surface area contributed by atoms with Crippen LogP contribution in [0.15, 0.2) is 30.3 Å². The highest BCUT2D eigenvalue weighted by molar-refractivity contribution is 5.83. The summed E-state index contributed by atoms with van der Waals surface area (Å²) >= 11 is 0. The van der Waals surface area contributed by atoms with Crippen molar-refractivity contribution in [3.05, 3.63) is 70.0 Å².